The molecule has 4 rings (SSSR count). The Balaban J connectivity index is 1.64. The van der Waals surface area contributed by atoms with E-state index in [1.807, 2.05) is 0 Å². The molecule has 2 unspecified atom stereocenters. The molecule has 0 bridgehead atoms. The summed E-state index contributed by atoms with van der Waals surface area (Å²) in [5.74, 6) is 0.631. The van der Waals surface area contributed by atoms with Crippen molar-refractivity contribution < 1.29 is 0 Å². The molecule has 2 aromatic carbocycles. The SMILES string of the molecule is c1ccc2c(c1)CC(C1NCCc3ccccc31)CN2. The molecular weight excluding hydrogens is 244 g/mol. The summed E-state index contributed by atoms with van der Waals surface area (Å²) in [5.41, 5.74) is 5.79. The molecule has 0 aromatic heterocycles. The molecule has 2 aromatic rings. The zero-order valence-corrected chi connectivity index (χ0v) is 11.6. The van der Waals surface area contributed by atoms with E-state index in [2.05, 4.69) is 59.2 Å². The van der Waals surface area contributed by atoms with Crippen LogP contribution in [0.15, 0.2) is 48.5 Å². The average molecular weight is 264 g/mol. The zero-order chi connectivity index (χ0) is 13.4. The van der Waals surface area contributed by atoms with Gasteiger partial charge in [0.25, 0.3) is 0 Å². The highest BCUT2D eigenvalue weighted by Crippen LogP contribution is 2.34. The van der Waals surface area contributed by atoms with Crippen molar-refractivity contribution in [2.75, 3.05) is 18.4 Å². The Morgan fingerprint density at radius 3 is 2.65 bits per heavy atom. The quantitative estimate of drug-likeness (QED) is 0.827. The number of benzene rings is 2. The first kappa shape index (κ1) is 12.0. The fourth-order valence-corrected chi connectivity index (χ4v) is 3.66. The minimum atomic E-state index is 0.487. The minimum absolute atomic E-state index is 0.487. The van der Waals surface area contributed by atoms with Gasteiger partial charge in [-0.05, 0) is 48.1 Å². The van der Waals surface area contributed by atoms with Gasteiger partial charge in [0.15, 0.2) is 0 Å². The lowest BCUT2D eigenvalue weighted by atomic mass is 9.81. The van der Waals surface area contributed by atoms with Gasteiger partial charge in [-0.25, -0.2) is 0 Å². The largest absolute Gasteiger partial charge is 0.384 e. The monoisotopic (exact) mass is 264 g/mol. The van der Waals surface area contributed by atoms with Crippen molar-refractivity contribution in [2.45, 2.75) is 18.9 Å². The number of rotatable bonds is 1. The van der Waals surface area contributed by atoms with Gasteiger partial charge < -0.3 is 10.6 Å². The maximum Gasteiger partial charge on any atom is 0.0372 e. The van der Waals surface area contributed by atoms with Crippen LogP contribution < -0.4 is 10.6 Å². The molecule has 2 atom stereocenters. The lowest BCUT2D eigenvalue weighted by molar-refractivity contribution is 0.353. The molecule has 0 saturated heterocycles. The van der Waals surface area contributed by atoms with E-state index in [1.165, 1.54) is 22.4 Å². The second-order valence-electron chi connectivity index (χ2n) is 5.88. The van der Waals surface area contributed by atoms with Gasteiger partial charge in [0.05, 0.1) is 0 Å². The second-order valence-corrected chi connectivity index (χ2v) is 5.88. The lowest BCUT2D eigenvalue weighted by Gasteiger charge is -2.36. The first-order chi connectivity index (χ1) is 9.92. The van der Waals surface area contributed by atoms with Crippen LogP contribution in [0.1, 0.15) is 22.7 Å². The summed E-state index contributed by atoms with van der Waals surface area (Å²) in [5, 5.41) is 7.34. The molecule has 2 aliphatic heterocycles. The zero-order valence-electron chi connectivity index (χ0n) is 11.6. The van der Waals surface area contributed by atoms with Crippen molar-refractivity contribution in [3.05, 3.63) is 65.2 Å². The molecule has 102 valence electrons. The third-order valence-corrected chi connectivity index (χ3v) is 4.67. The van der Waals surface area contributed by atoms with E-state index in [4.69, 9.17) is 0 Å². The summed E-state index contributed by atoms with van der Waals surface area (Å²) in [7, 11) is 0. The van der Waals surface area contributed by atoms with Gasteiger partial charge in [-0.2, -0.15) is 0 Å². The van der Waals surface area contributed by atoms with Crippen molar-refractivity contribution in [3.63, 3.8) is 0 Å². The van der Waals surface area contributed by atoms with Gasteiger partial charge in [-0.1, -0.05) is 42.5 Å². The Bertz CT molecular complexity index is 620. The van der Waals surface area contributed by atoms with Crippen LogP contribution in [0.2, 0.25) is 0 Å². The Morgan fingerprint density at radius 1 is 0.900 bits per heavy atom. The number of fused-ring (bicyclic) bond motifs is 2. The van der Waals surface area contributed by atoms with Crippen LogP contribution in [0.5, 0.6) is 0 Å². The summed E-state index contributed by atoms with van der Waals surface area (Å²) in [6, 6.07) is 18.1. The first-order valence-corrected chi connectivity index (χ1v) is 7.55. The van der Waals surface area contributed by atoms with Crippen molar-refractivity contribution in [3.8, 4) is 0 Å². The predicted molar refractivity (Wildman–Crippen MR) is 83.0 cm³/mol. The molecule has 0 saturated carbocycles. The molecular formula is C18H20N2. The maximum atomic E-state index is 3.74. The predicted octanol–water partition coefficient (Wildman–Crippen LogP) is 3.16. The van der Waals surface area contributed by atoms with Gasteiger partial charge in [-0.15, -0.1) is 0 Å². The highest BCUT2D eigenvalue weighted by molar-refractivity contribution is 5.53. The van der Waals surface area contributed by atoms with Crippen LogP contribution in [0.4, 0.5) is 5.69 Å². The van der Waals surface area contributed by atoms with Gasteiger partial charge in [0, 0.05) is 18.3 Å². The fourth-order valence-electron chi connectivity index (χ4n) is 3.66. The van der Waals surface area contributed by atoms with E-state index in [-0.39, 0.29) is 0 Å². The van der Waals surface area contributed by atoms with Crippen LogP contribution in [0.25, 0.3) is 0 Å². The first-order valence-electron chi connectivity index (χ1n) is 7.55. The summed E-state index contributed by atoms with van der Waals surface area (Å²) in [4.78, 5) is 0. The lowest BCUT2D eigenvalue weighted by Crippen LogP contribution is -2.39. The molecule has 0 fully saturated rings. The molecule has 2 heterocycles. The third kappa shape index (κ3) is 2.01. The fraction of sp³-hybridized carbons (Fsp3) is 0.333. The van der Waals surface area contributed by atoms with Crippen LogP contribution >= 0.6 is 0 Å². The van der Waals surface area contributed by atoms with Crippen molar-refractivity contribution in [2.24, 2.45) is 5.92 Å². The molecule has 2 heteroatoms. The Kier molecular flexibility index (Phi) is 2.96. The minimum Gasteiger partial charge on any atom is -0.384 e. The molecule has 0 radical (unpaired) electrons. The summed E-state index contributed by atoms with van der Waals surface area (Å²) in [6.45, 7) is 2.16. The van der Waals surface area contributed by atoms with Crippen molar-refractivity contribution >= 4 is 5.69 Å². The molecule has 2 nitrogen and oxygen atoms in total. The topological polar surface area (TPSA) is 24.1 Å². The number of hydrogen-bond donors (Lipinski definition) is 2. The molecule has 0 spiro atoms. The standard InChI is InChI=1S/C18H20N2/c1-3-7-16-13(5-1)9-10-19-18(16)15-11-14-6-2-4-8-17(14)20-12-15/h1-8,15,18-20H,9-12H2. The smallest absolute Gasteiger partial charge is 0.0372 e. The van der Waals surface area contributed by atoms with E-state index in [1.54, 1.807) is 0 Å². The van der Waals surface area contributed by atoms with Gasteiger partial charge >= 0.3 is 0 Å². The number of para-hydroxylation sites is 1. The van der Waals surface area contributed by atoms with Crippen molar-refractivity contribution in [1.82, 2.24) is 5.32 Å². The van der Waals surface area contributed by atoms with Crippen LogP contribution in [-0.2, 0) is 12.8 Å². The van der Waals surface area contributed by atoms with Gasteiger partial charge in [-0.3, -0.25) is 0 Å². The third-order valence-electron chi connectivity index (χ3n) is 4.67. The molecule has 2 N–H and O–H groups in total. The van der Waals surface area contributed by atoms with Crippen molar-refractivity contribution in [1.29, 1.82) is 0 Å². The number of nitrogens with one attached hydrogen (secondary N) is 2. The Hall–Kier alpha value is -1.80. The molecule has 0 aliphatic carbocycles. The summed E-state index contributed by atoms with van der Waals surface area (Å²) in [6.07, 6.45) is 2.32. The number of anilines is 1. The van der Waals surface area contributed by atoms with Gasteiger partial charge in [0.1, 0.15) is 0 Å². The Morgan fingerprint density at radius 2 is 1.70 bits per heavy atom. The maximum absolute atomic E-state index is 3.74. The highest BCUT2D eigenvalue weighted by atomic mass is 15.0. The van der Waals surface area contributed by atoms with Gasteiger partial charge in [0.2, 0.25) is 0 Å². The van der Waals surface area contributed by atoms with E-state index < -0.39 is 0 Å². The second kappa shape index (κ2) is 4.95. The van der Waals surface area contributed by atoms with E-state index in [9.17, 15) is 0 Å². The number of hydrogen-bond acceptors (Lipinski definition) is 2. The molecule has 2 aliphatic rings. The molecule has 0 amide bonds. The average Bonchev–Trinajstić information content (AvgIpc) is 2.54. The summed E-state index contributed by atoms with van der Waals surface area (Å²) >= 11 is 0. The normalized spacial score (nSPS) is 24.4. The van der Waals surface area contributed by atoms with E-state index in [0.717, 1.165) is 25.9 Å². The van der Waals surface area contributed by atoms with Crippen LogP contribution in [-0.4, -0.2) is 13.1 Å². The van der Waals surface area contributed by atoms with Crippen LogP contribution in [0, 0.1) is 5.92 Å². The Labute approximate surface area is 120 Å². The summed E-state index contributed by atoms with van der Waals surface area (Å²) < 4.78 is 0. The van der Waals surface area contributed by atoms with Crippen LogP contribution in [0.3, 0.4) is 0 Å². The highest BCUT2D eigenvalue weighted by Gasteiger charge is 2.30. The molecule has 20 heavy (non-hydrogen) atoms. The van der Waals surface area contributed by atoms with E-state index in [0.29, 0.717) is 12.0 Å². The van der Waals surface area contributed by atoms with E-state index >= 15 is 0 Å².